The highest BCUT2D eigenvalue weighted by molar-refractivity contribution is 4.99. The van der Waals surface area contributed by atoms with Gasteiger partial charge in [0.05, 0.1) is 6.61 Å². The molecule has 78 valence electrons. The summed E-state index contributed by atoms with van der Waals surface area (Å²) in [7, 11) is 0. The topological polar surface area (TPSA) is 40.5 Å². The maximum atomic E-state index is 8.79. The van der Waals surface area contributed by atoms with Crippen LogP contribution >= 0.6 is 0 Å². The van der Waals surface area contributed by atoms with Crippen molar-refractivity contribution in [2.75, 3.05) is 13.2 Å². The molecule has 0 spiro atoms. The predicted molar refractivity (Wildman–Crippen MR) is 55.6 cm³/mol. The van der Waals surface area contributed by atoms with E-state index in [1.807, 2.05) is 6.92 Å². The van der Waals surface area contributed by atoms with Gasteiger partial charge in [-0.25, -0.2) is 0 Å². The van der Waals surface area contributed by atoms with Crippen molar-refractivity contribution in [3.05, 3.63) is 11.6 Å². The van der Waals surface area contributed by atoms with Crippen LogP contribution in [0.3, 0.4) is 0 Å². The smallest absolute Gasteiger partial charge is 0.0639 e. The Morgan fingerprint density at radius 1 is 1.23 bits per heavy atom. The molecule has 0 amide bonds. The van der Waals surface area contributed by atoms with E-state index < -0.39 is 0 Å². The summed E-state index contributed by atoms with van der Waals surface area (Å²) in [4.78, 5) is 0. The van der Waals surface area contributed by atoms with Gasteiger partial charge in [0.25, 0.3) is 0 Å². The lowest BCUT2D eigenvalue weighted by Crippen LogP contribution is -1.94. The van der Waals surface area contributed by atoms with Gasteiger partial charge in [-0.05, 0) is 25.7 Å². The van der Waals surface area contributed by atoms with Crippen molar-refractivity contribution < 1.29 is 10.2 Å². The van der Waals surface area contributed by atoms with E-state index >= 15 is 0 Å². The van der Waals surface area contributed by atoms with Crippen molar-refractivity contribution in [3.63, 3.8) is 0 Å². The monoisotopic (exact) mass is 186 g/mol. The molecule has 0 unspecified atom stereocenters. The van der Waals surface area contributed by atoms with Gasteiger partial charge in [0.15, 0.2) is 0 Å². The Morgan fingerprint density at radius 3 is 2.46 bits per heavy atom. The Balaban J connectivity index is 3.45. The molecular weight excluding hydrogens is 164 g/mol. The van der Waals surface area contributed by atoms with Crippen molar-refractivity contribution in [1.82, 2.24) is 0 Å². The highest BCUT2D eigenvalue weighted by Crippen LogP contribution is 2.12. The van der Waals surface area contributed by atoms with Gasteiger partial charge in [0, 0.05) is 6.61 Å². The molecule has 2 heteroatoms. The Hall–Kier alpha value is -0.340. The number of rotatable bonds is 7. The molecule has 0 aromatic heterocycles. The molecule has 0 radical (unpaired) electrons. The summed E-state index contributed by atoms with van der Waals surface area (Å²) in [6, 6.07) is 0. The Labute approximate surface area is 81.3 Å². The van der Waals surface area contributed by atoms with E-state index in [9.17, 15) is 0 Å². The lowest BCUT2D eigenvalue weighted by atomic mass is 10.0. The van der Waals surface area contributed by atoms with Gasteiger partial charge in [-0.15, -0.1) is 0 Å². The first-order valence-corrected chi connectivity index (χ1v) is 5.09. The highest BCUT2D eigenvalue weighted by Gasteiger charge is 1.98. The van der Waals surface area contributed by atoms with Crippen LogP contribution in [0.4, 0.5) is 0 Å². The molecule has 0 saturated heterocycles. The fourth-order valence-electron chi connectivity index (χ4n) is 1.38. The lowest BCUT2D eigenvalue weighted by Gasteiger charge is -2.06. The van der Waals surface area contributed by atoms with Crippen molar-refractivity contribution in [3.8, 4) is 0 Å². The normalized spacial score (nSPS) is 14.6. The van der Waals surface area contributed by atoms with Crippen LogP contribution in [0.25, 0.3) is 0 Å². The van der Waals surface area contributed by atoms with Crippen molar-refractivity contribution in [2.45, 2.75) is 39.5 Å². The summed E-state index contributed by atoms with van der Waals surface area (Å²) >= 11 is 0. The van der Waals surface area contributed by atoms with Gasteiger partial charge < -0.3 is 10.2 Å². The number of aliphatic hydroxyl groups excluding tert-OH is 2. The van der Waals surface area contributed by atoms with Crippen LogP contribution in [-0.4, -0.2) is 23.4 Å². The van der Waals surface area contributed by atoms with Gasteiger partial charge in [-0.3, -0.25) is 0 Å². The van der Waals surface area contributed by atoms with Crippen molar-refractivity contribution >= 4 is 0 Å². The summed E-state index contributed by atoms with van der Waals surface area (Å²) in [5.41, 5.74) is 1.05. The molecule has 0 fully saturated rings. The molecule has 1 atom stereocenters. The van der Waals surface area contributed by atoms with Crippen LogP contribution in [0.5, 0.6) is 0 Å². The molecule has 2 N–H and O–H groups in total. The van der Waals surface area contributed by atoms with E-state index in [4.69, 9.17) is 10.2 Å². The van der Waals surface area contributed by atoms with Gasteiger partial charge in [-0.2, -0.15) is 0 Å². The van der Waals surface area contributed by atoms with Gasteiger partial charge in [0.2, 0.25) is 0 Å². The summed E-state index contributed by atoms with van der Waals surface area (Å²) in [6.07, 6.45) is 6.45. The minimum Gasteiger partial charge on any atom is -0.396 e. The van der Waals surface area contributed by atoms with Gasteiger partial charge >= 0.3 is 0 Å². The van der Waals surface area contributed by atoms with E-state index in [0.717, 1.165) is 31.3 Å². The summed E-state index contributed by atoms with van der Waals surface area (Å²) in [6.45, 7) is 4.59. The first-order valence-electron chi connectivity index (χ1n) is 5.09. The standard InChI is InChI=1S/C11H22O2/c1-10(8-11(2)9-13)6-4-3-5-7-12/h8,10,12-13H,3-7,9H2,1-2H3/b11-8+/t10-/m1/s1. The van der Waals surface area contributed by atoms with Crippen molar-refractivity contribution in [2.24, 2.45) is 5.92 Å². The first-order chi connectivity index (χ1) is 6.20. The van der Waals surface area contributed by atoms with E-state index in [2.05, 4.69) is 13.0 Å². The number of unbranched alkanes of at least 4 members (excludes halogenated alkanes) is 2. The Kier molecular flexibility index (Phi) is 8.05. The zero-order valence-electron chi connectivity index (χ0n) is 8.79. The highest BCUT2D eigenvalue weighted by atomic mass is 16.3. The molecule has 0 aromatic carbocycles. The zero-order valence-corrected chi connectivity index (χ0v) is 8.79. The average Bonchev–Trinajstić information content (AvgIpc) is 2.12. The van der Waals surface area contributed by atoms with E-state index in [1.165, 1.54) is 0 Å². The summed E-state index contributed by atoms with van der Waals surface area (Å²) in [5, 5.41) is 17.4. The molecule has 0 rings (SSSR count). The molecule has 13 heavy (non-hydrogen) atoms. The Bertz CT molecular complexity index is 141. The first kappa shape index (κ1) is 12.7. The van der Waals surface area contributed by atoms with Crippen LogP contribution < -0.4 is 0 Å². The lowest BCUT2D eigenvalue weighted by molar-refractivity contribution is 0.281. The second-order valence-corrected chi connectivity index (χ2v) is 3.72. The average molecular weight is 186 g/mol. The molecule has 0 heterocycles. The van der Waals surface area contributed by atoms with Crippen LogP contribution in [0.15, 0.2) is 11.6 Å². The second-order valence-electron chi connectivity index (χ2n) is 3.72. The third-order valence-electron chi connectivity index (χ3n) is 2.14. The summed E-state index contributed by atoms with van der Waals surface area (Å²) < 4.78 is 0. The second kappa shape index (κ2) is 8.27. The molecule has 0 aliphatic carbocycles. The quantitative estimate of drug-likeness (QED) is 0.472. The van der Waals surface area contributed by atoms with E-state index in [1.54, 1.807) is 0 Å². The van der Waals surface area contributed by atoms with E-state index in [0.29, 0.717) is 12.5 Å². The van der Waals surface area contributed by atoms with E-state index in [-0.39, 0.29) is 6.61 Å². The minimum absolute atomic E-state index is 0.168. The predicted octanol–water partition coefficient (Wildman–Crippen LogP) is 2.11. The Morgan fingerprint density at radius 2 is 1.92 bits per heavy atom. The molecule has 0 aromatic rings. The van der Waals surface area contributed by atoms with Crippen molar-refractivity contribution in [1.29, 1.82) is 0 Å². The number of hydrogen-bond donors (Lipinski definition) is 2. The van der Waals surface area contributed by atoms with Gasteiger partial charge in [-0.1, -0.05) is 31.4 Å². The maximum Gasteiger partial charge on any atom is 0.0639 e. The number of hydrogen-bond acceptors (Lipinski definition) is 2. The van der Waals surface area contributed by atoms with Crippen LogP contribution in [0, 0.1) is 5.92 Å². The maximum absolute atomic E-state index is 8.79. The fraction of sp³-hybridized carbons (Fsp3) is 0.818. The third kappa shape index (κ3) is 8.00. The molecular formula is C11H22O2. The zero-order chi connectivity index (χ0) is 10.1. The number of allylic oxidation sites excluding steroid dienone is 1. The number of aliphatic hydroxyl groups is 2. The molecule has 0 aliphatic heterocycles. The van der Waals surface area contributed by atoms with Crippen LogP contribution in [0.1, 0.15) is 39.5 Å². The SMILES string of the molecule is C/C(=C\[C@H](C)CCCCCO)CO. The van der Waals surface area contributed by atoms with Gasteiger partial charge in [0.1, 0.15) is 0 Å². The largest absolute Gasteiger partial charge is 0.396 e. The molecule has 0 bridgehead atoms. The molecule has 0 saturated carbocycles. The third-order valence-corrected chi connectivity index (χ3v) is 2.14. The minimum atomic E-state index is 0.168. The van der Waals surface area contributed by atoms with Crippen LogP contribution in [0.2, 0.25) is 0 Å². The molecule has 0 aliphatic rings. The molecule has 2 nitrogen and oxygen atoms in total. The summed E-state index contributed by atoms with van der Waals surface area (Å²) in [5.74, 6) is 0.547. The fourth-order valence-corrected chi connectivity index (χ4v) is 1.38. The van der Waals surface area contributed by atoms with Crippen LogP contribution in [-0.2, 0) is 0 Å².